The maximum Gasteiger partial charge on any atom is 0.259 e. The molecule has 3 heteroatoms. The molecule has 0 amide bonds. The van der Waals surface area contributed by atoms with E-state index in [2.05, 4.69) is 9.97 Å². The highest BCUT2D eigenvalue weighted by atomic mass is 16.1. The van der Waals surface area contributed by atoms with Crippen molar-refractivity contribution in [1.82, 2.24) is 9.97 Å². The Morgan fingerprint density at radius 3 is 2.93 bits per heavy atom. The van der Waals surface area contributed by atoms with E-state index in [1.807, 2.05) is 31.2 Å². The zero-order chi connectivity index (χ0) is 9.97. The molecule has 70 valence electrons. The van der Waals surface area contributed by atoms with Crippen LogP contribution in [0.3, 0.4) is 0 Å². The number of aromatic amines is 1. The maximum atomic E-state index is 11.5. The Hall–Kier alpha value is -1.90. The molecule has 3 nitrogen and oxygen atoms in total. The highest BCUT2D eigenvalue weighted by molar-refractivity contribution is 5.77. The first-order valence-electron chi connectivity index (χ1n) is 4.43. The van der Waals surface area contributed by atoms with Crippen molar-refractivity contribution in [3.63, 3.8) is 0 Å². The van der Waals surface area contributed by atoms with E-state index in [0.29, 0.717) is 11.2 Å². The van der Waals surface area contributed by atoms with E-state index in [9.17, 15) is 4.79 Å². The van der Waals surface area contributed by atoms with Crippen LogP contribution in [0, 0.1) is 0 Å². The number of allylic oxidation sites excluding steroid dienone is 1. The average Bonchev–Trinajstić information content (AvgIpc) is 2.18. The van der Waals surface area contributed by atoms with Crippen LogP contribution in [0.25, 0.3) is 17.0 Å². The summed E-state index contributed by atoms with van der Waals surface area (Å²) in [5, 5.41) is 0.626. The van der Waals surface area contributed by atoms with Gasteiger partial charge < -0.3 is 4.98 Å². The number of fused-ring (bicyclic) bond motifs is 1. The van der Waals surface area contributed by atoms with Crippen LogP contribution in [-0.4, -0.2) is 9.97 Å². The van der Waals surface area contributed by atoms with E-state index in [0.717, 1.165) is 5.52 Å². The Bertz CT molecular complexity index is 540. The molecule has 1 aromatic heterocycles. The number of nitrogens with one attached hydrogen (secondary N) is 1. The molecule has 14 heavy (non-hydrogen) atoms. The van der Waals surface area contributed by atoms with Gasteiger partial charge in [-0.05, 0) is 25.1 Å². The van der Waals surface area contributed by atoms with Gasteiger partial charge in [-0.3, -0.25) is 4.79 Å². The molecule has 0 saturated carbocycles. The van der Waals surface area contributed by atoms with E-state index in [4.69, 9.17) is 0 Å². The molecule has 0 aliphatic heterocycles. The third-order valence-electron chi connectivity index (χ3n) is 1.96. The standard InChI is InChI=1S/C11H10N2O/c1-2-5-10-12-9-7-4-3-6-8(9)11(14)13-10/h2-7H,1H3,(H,12,13,14). The van der Waals surface area contributed by atoms with E-state index >= 15 is 0 Å². The third-order valence-corrected chi connectivity index (χ3v) is 1.96. The minimum atomic E-state index is -0.0938. The molecular weight excluding hydrogens is 176 g/mol. The zero-order valence-electron chi connectivity index (χ0n) is 7.82. The second kappa shape index (κ2) is 3.46. The van der Waals surface area contributed by atoms with E-state index in [1.165, 1.54) is 0 Å². The topological polar surface area (TPSA) is 45.8 Å². The maximum absolute atomic E-state index is 11.5. The normalized spacial score (nSPS) is 11.2. The lowest BCUT2D eigenvalue weighted by Gasteiger charge is -1.97. The Morgan fingerprint density at radius 1 is 1.36 bits per heavy atom. The number of hydrogen-bond acceptors (Lipinski definition) is 2. The van der Waals surface area contributed by atoms with Crippen LogP contribution in [0.15, 0.2) is 35.1 Å². The number of hydrogen-bond donors (Lipinski definition) is 1. The fraction of sp³-hybridized carbons (Fsp3) is 0.0909. The minimum Gasteiger partial charge on any atom is -0.306 e. The SMILES string of the molecule is CC=Cc1nc2ccccc2c(=O)[nH]1. The number of rotatable bonds is 1. The second-order valence-corrected chi connectivity index (χ2v) is 2.97. The molecule has 2 rings (SSSR count). The Labute approximate surface area is 81.1 Å². The molecule has 0 spiro atoms. The second-order valence-electron chi connectivity index (χ2n) is 2.97. The third kappa shape index (κ3) is 1.44. The van der Waals surface area contributed by atoms with Crippen molar-refractivity contribution in [2.45, 2.75) is 6.92 Å². The molecule has 0 radical (unpaired) electrons. The number of benzene rings is 1. The Kier molecular flexibility index (Phi) is 2.14. The minimum absolute atomic E-state index is 0.0938. The molecule has 1 aromatic carbocycles. The first kappa shape index (κ1) is 8.69. The van der Waals surface area contributed by atoms with E-state index in [-0.39, 0.29) is 5.56 Å². The summed E-state index contributed by atoms with van der Waals surface area (Å²) >= 11 is 0. The van der Waals surface area contributed by atoms with Crippen LogP contribution in [-0.2, 0) is 0 Å². The highest BCUT2D eigenvalue weighted by Gasteiger charge is 1.99. The van der Waals surface area contributed by atoms with Crippen molar-refractivity contribution in [2.24, 2.45) is 0 Å². The van der Waals surface area contributed by atoms with Crippen LogP contribution in [0.1, 0.15) is 12.7 Å². The van der Waals surface area contributed by atoms with Crippen molar-refractivity contribution in [2.75, 3.05) is 0 Å². The van der Waals surface area contributed by atoms with Gasteiger partial charge in [0.1, 0.15) is 5.82 Å². The molecule has 1 N–H and O–H groups in total. The fourth-order valence-electron chi connectivity index (χ4n) is 1.34. The summed E-state index contributed by atoms with van der Waals surface area (Å²) in [4.78, 5) is 18.5. The molecule has 0 unspecified atom stereocenters. The molecule has 0 atom stereocenters. The molecule has 0 aliphatic rings. The van der Waals surface area contributed by atoms with Gasteiger partial charge in [-0.1, -0.05) is 18.2 Å². The van der Waals surface area contributed by atoms with Gasteiger partial charge in [0, 0.05) is 0 Å². The summed E-state index contributed by atoms with van der Waals surface area (Å²) in [6.07, 6.45) is 3.61. The van der Waals surface area contributed by atoms with Crippen LogP contribution in [0.2, 0.25) is 0 Å². The predicted octanol–water partition coefficient (Wildman–Crippen LogP) is 1.96. The number of H-pyrrole nitrogens is 1. The predicted molar refractivity (Wildman–Crippen MR) is 57.1 cm³/mol. The molecule has 0 fully saturated rings. The summed E-state index contributed by atoms with van der Waals surface area (Å²) in [6.45, 7) is 1.88. The van der Waals surface area contributed by atoms with Gasteiger partial charge in [-0.15, -0.1) is 0 Å². The molecule has 0 saturated heterocycles. The Balaban J connectivity index is 2.79. The fourth-order valence-corrected chi connectivity index (χ4v) is 1.34. The van der Waals surface area contributed by atoms with Crippen LogP contribution in [0.5, 0.6) is 0 Å². The van der Waals surface area contributed by atoms with Crippen LogP contribution >= 0.6 is 0 Å². The van der Waals surface area contributed by atoms with Crippen molar-refractivity contribution < 1.29 is 0 Å². The average molecular weight is 186 g/mol. The quantitative estimate of drug-likeness (QED) is 0.739. The molecule has 0 bridgehead atoms. The van der Waals surface area contributed by atoms with Crippen molar-refractivity contribution in [3.05, 3.63) is 46.5 Å². The van der Waals surface area contributed by atoms with Gasteiger partial charge >= 0.3 is 0 Å². The van der Waals surface area contributed by atoms with E-state index < -0.39 is 0 Å². The van der Waals surface area contributed by atoms with Crippen molar-refractivity contribution in [3.8, 4) is 0 Å². The van der Waals surface area contributed by atoms with Gasteiger partial charge in [0.05, 0.1) is 10.9 Å². The first-order valence-corrected chi connectivity index (χ1v) is 4.43. The van der Waals surface area contributed by atoms with Gasteiger partial charge in [-0.25, -0.2) is 4.98 Å². The summed E-state index contributed by atoms with van der Waals surface area (Å²) in [6, 6.07) is 7.29. The summed E-state index contributed by atoms with van der Waals surface area (Å²) < 4.78 is 0. The molecule has 0 aliphatic carbocycles. The smallest absolute Gasteiger partial charge is 0.259 e. The highest BCUT2D eigenvalue weighted by Crippen LogP contribution is 2.05. The number of nitrogens with zero attached hydrogens (tertiary/aromatic N) is 1. The van der Waals surface area contributed by atoms with Gasteiger partial charge in [0.2, 0.25) is 0 Å². The number of aromatic nitrogens is 2. The Morgan fingerprint density at radius 2 is 2.14 bits per heavy atom. The summed E-state index contributed by atoms with van der Waals surface area (Å²) in [7, 11) is 0. The first-order chi connectivity index (χ1) is 6.81. The van der Waals surface area contributed by atoms with E-state index in [1.54, 1.807) is 12.1 Å². The van der Waals surface area contributed by atoms with Crippen molar-refractivity contribution in [1.29, 1.82) is 0 Å². The molecule has 1 heterocycles. The van der Waals surface area contributed by atoms with Crippen LogP contribution < -0.4 is 5.56 Å². The van der Waals surface area contributed by atoms with Crippen LogP contribution in [0.4, 0.5) is 0 Å². The molecular formula is C11H10N2O. The number of para-hydroxylation sites is 1. The monoisotopic (exact) mass is 186 g/mol. The molecule has 2 aromatic rings. The lowest BCUT2D eigenvalue weighted by Crippen LogP contribution is -2.09. The van der Waals surface area contributed by atoms with Gasteiger partial charge in [0.15, 0.2) is 0 Å². The summed E-state index contributed by atoms with van der Waals surface area (Å²) in [5.74, 6) is 0.594. The van der Waals surface area contributed by atoms with Gasteiger partial charge in [-0.2, -0.15) is 0 Å². The zero-order valence-corrected chi connectivity index (χ0v) is 7.82. The van der Waals surface area contributed by atoms with Crippen molar-refractivity contribution >= 4 is 17.0 Å². The summed E-state index contributed by atoms with van der Waals surface area (Å²) in [5.41, 5.74) is 0.632. The largest absolute Gasteiger partial charge is 0.306 e. The lowest BCUT2D eigenvalue weighted by atomic mass is 10.2. The lowest BCUT2D eigenvalue weighted by molar-refractivity contribution is 1.14. The van der Waals surface area contributed by atoms with Gasteiger partial charge in [0.25, 0.3) is 5.56 Å².